The van der Waals surface area contributed by atoms with E-state index in [1.165, 1.54) is 0 Å². The summed E-state index contributed by atoms with van der Waals surface area (Å²) in [7, 11) is 0. The Morgan fingerprint density at radius 1 is 1.40 bits per heavy atom. The standard InChI is InChI=1S/C11H21BrO3/c1-3-5-6-7-9(11(13)14)10(8-12)15-4-2/h9-10H,3-8H2,1-2H3,(H,13,14). The molecule has 0 aliphatic heterocycles. The zero-order valence-corrected chi connectivity index (χ0v) is 11.1. The first-order valence-corrected chi connectivity index (χ1v) is 6.69. The first kappa shape index (κ1) is 14.9. The van der Waals surface area contributed by atoms with Gasteiger partial charge in [-0.3, -0.25) is 4.79 Å². The lowest BCUT2D eigenvalue weighted by Crippen LogP contribution is -2.32. The molecular weight excluding hydrogens is 260 g/mol. The molecule has 2 atom stereocenters. The highest BCUT2D eigenvalue weighted by Gasteiger charge is 2.27. The van der Waals surface area contributed by atoms with Gasteiger partial charge in [0.05, 0.1) is 12.0 Å². The number of halogens is 1. The molecule has 0 aromatic heterocycles. The Bertz CT molecular complexity index is 173. The van der Waals surface area contributed by atoms with Crippen LogP contribution in [0.4, 0.5) is 0 Å². The number of aliphatic carboxylic acids is 1. The summed E-state index contributed by atoms with van der Waals surface area (Å²) in [6.45, 7) is 4.56. The summed E-state index contributed by atoms with van der Waals surface area (Å²) in [6.07, 6.45) is 3.67. The molecule has 1 N–H and O–H groups in total. The van der Waals surface area contributed by atoms with Gasteiger partial charge in [-0.1, -0.05) is 42.1 Å². The molecule has 0 aliphatic carbocycles. The van der Waals surface area contributed by atoms with E-state index in [2.05, 4.69) is 22.9 Å². The van der Waals surface area contributed by atoms with E-state index in [1.807, 2.05) is 6.92 Å². The molecule has 4 heteroatoms. The summed E-state index contributed by atoms with van der Waals surface area (Å²) < 4.78 is 5.42. The second kappa shape index (κ2) is 9.16. The lowest BCUT2D eigenvalue weighted by atomic mass is 9.96. The average Bonchev–Trinajstić information content (AvgIpc) is 2.21. The summed E-state index contributed by atoms with van der Waals surface area (Å²) in [4.78, 5) is 11.1. The minimum atomic E-state index is -0.746. The minimum Gasteiger partial charge on any atom is -0.481 e. The maximum Gasteiger partial charge on any atom is 0.309 e. The van der Waals surface area contributed by atoms with E-state index in [1.54, 1.807) is 0 Å². The summed E-state index contributed by atoms with van der Waals surface area (Å²) in [5.41, 5.74) is 0. The van der Waals surface area contributed by atoms with Crippen LogP contribution in [0.2, 0.25) is 0 Å². The van der Waals surface area contributed by atoms with Crippen LogP contribution in [0.15, 0.2) is 0 Å². The molecule has 0 heterocycles. The Balaban J connectivity index is 4.15. The van der Waals surface area contributed by atoms with Gasteiger partial charge >= 0.3 is 5.97 Å². The third kappa shape index (κ3) is 6.15. The highest BCUT2D eigenvalue weighted by molar-refractivity contribution is 9.09. The number of unbranched alkanes of at least 4 members (excludes halogenated alkanes) is 2. The largest absolute Gasteiger partial charge is 0.481 e. The summed E-state index contributed by atoms with van der Waals surface area (Å²) in [5.74, 6) is -1.13. The van der Waals surface area contributed by atoms with Crippen LogP contribution in [0.5, 0.6) is 0 Å². The van der Waals surface area contributed by atoms with Crippen molar-refractivity contribution in [2.24, 2.45) is 5.92 Å². The highest BCUT2D eigenvalue weighted by atomic mass is 79.9. The van der Waals surface area contributed by atoms with Crippen LogP contribution in [0.1, 0.15) is 39.5 Å². The van der Waals surface area contributed by atoms with E-state index < -0.39 is 5.97 Å². The molecule has 0 saturated carbocycles. The van der Waals surface area contributed by atoms with Gasteiger partial charge in [-0.05, 0) is 13.3 Å². The molecule has 90 valence electrons. The third-order valence-electron chi connectivity index (χ3n) is 2.42. The summed E-state index contributed by atoms with van der Waals surface area (Å²) in [5, 5.41) is 9.69. The normalized spacial score (nSPS) is 14.9. The predicted octanol–water partition coefficient (Wildman–Crippen LogP) is 3.07. The number of carboxylic acids is 1. The number of ether oxygens (including phenoxy) is 1. The van der Waals surface area contributed by atoms with Crippen molar-refractivity contribution in [2.75, 3.05) is 11.9 Å². The van der Waals surface area contributed by atoms with E-state index in [4.69, 9.17) is 9.84 Å². The van der Waals surface area contributed by atoms with E-state index in [-0.39, 0.29) is 12.0 Å². The fourth-order valence-corrected chi connectivity index (χ4v) is 2.20. The number of carbonyl (C=O) groups is 1. The van der Waals surface area contributed by atoms with Gasteiger partial charge in [0, 0.05) is 11.9 Å². The monoisotopic (exact) mass is 280 g/mol. The average molecular weight is 281 g/mol. The maximum absolute atomic E-state index is 11.1. The molecule has 0 radical (unpaired) electrons. The molecule has 0 aromatic rings. The number of alkyl halides is 1. The van der Waals surface area contributed by atoms with Crippen LogP contribution < -0.4 is 0 Å². The zero-order chi connectivity index (χ0) is 11.7. The van der Waals surface area contributed by atoms with E-state index in [0.717, 1.165) is 19.3 Å². The fourth-order valence-electron chi connectivity index (χ4n) is 1.56. The fraction of sp³-hybridized carbons (Fsp3) is 0.909. The van der Waals surface area contributed by atoms with Crippen molar-refractivity contribution in [2.45, 2.75) is 45.6 Å². The minimum absolute atomic E-state index is 0.204. The van der Waals surface area contributed by atoms with Crippen LogP contribution in [0.25, 0.3) is 0 Å². The number of rotatable bonds is 9. The van der Waals surface area contributed by atoms with Crippen LogP contribution in [-0.4, -0.2) is 29.1 Å². The van der Waals surface area contributed by atoms with Crippen molar-refractivity contribution in [1.82, 2.24) is 0 Å². The lowest BCUT2D eigenvalue weighted by Gasteiger charge is -2.21. The molecule has 0 aromatic carbocycles. The number of hydrogen-bond donors (Lipinski definition) is 1. The second-order valence-electron chi connectivity index (χ2n) is 3.59. The molecule has 0 bridgehead atoms. The van der Waals surface area contributed by atoms with E-state index in [0.29, 0.717) is 18.4 Å². The zero-order valence-electron chi connectivity index (χ0n) is 9.54. The quantitative estimate of drug-likeness (QED) is 0.522. The van der Waals surface area contributed by atoms with Crippen molar-refractivity contribution < 1.29 is 14.6 Å². The van der Waals surface area contributed by atoms with E-state index in [9.17, 15) is 4.79 Å². The third-order valence-corrected chi connectivity index (χ3v) is 3.06. The van der Waals surface area contributed by atoms with Gasteiger partial charge in [-0.25, -0.2) is 0 Å². The van der Waals surface area contributed by atoms with Crippen LogP contribution in [0.3, 0.4) is 0 Å². The molecular formula is C11H21BrO3. The molecule has 0 spiro atoms. The predicted molar refractivity (Wildman–Crippen MR) is 64.5 cm³/mol. The van der Waals surface area contributed by atoms with Crippen LogP contribution in [0, 0.1) is 5.92 Å². The first-order chi connectivity index (χ1) is 7.17. The van der Waals surface area contributed by atoms with Crippen molar-refractivity contribution in [3.8, 4) is 0 Å². The van der Waals surface area contributed by atoms with Crippen molar-refractivity contribution in [3.63, 3.8) is 0 Å². The Morgan fingerprint density at radius 2 is 2.07 bits per heavy atom. The van der Waals surface area contributed by atoms with Gasteiger partial charge < -0.3 is 9.84 Å². The lowest BCUT2D eigenvalue weighted by molar-refractivity contribution is -0.147. The van der Waals surface area contributed by atoms with Gasteiger partial charge in [0.15, 0.2) is 0 Å². The topological polar surface area (TPSA) is 46.5 Å². The molecule has 2 unspecified atom stereocenters. The van der Waals surface area contributed by atoms with Gasteiger partial charge in [-0.15, -0.1) is 0 Å². The van der Waals surface area contributed by atoms with Gasteiger partial charge in [0.1, 0.15) is 0 Å². The van der Waals surface area contributed by atoms with E-state index >= 15 is 0 Å². The molecule has 0 fully saturated rings. The molecule has 0 aliphatic rings. The van der Waals surface area contributed by atoms with Crippen molar-refractivity contribution in [1.29, 1.82) is 0 Å². The van der Waals surface area contributed by atoms with Crippen molar-refractivity contribution >= 4 is 21.9 Å². The summed E-state index contributed by atoms with van der Waals surface area (Å²) in [6, 6.07) is 0. The van der Waals surface area contributed by atoms with Crippen LogP contribution >= 0.6 is 15.9 Å². The van der Waals surface area contributed by atoms with Crippen LogP contribution in [-0.2, 0) is 9.53 Å². The highest BCUT2D eigenvalue weighted by Crippen LogP contribution is 2.18. The maximum atomic E-state index is 11.1. The molecule has 0 rings (SSSR count). The Hall–Kier alpha value is -0.0900. The SMILES string of the molecule is CCCCCC(C(=O)O)C(CBr)OCC. The summed E-state index contributed by atoms with van der Waals surface area (Å²) >= 11 is 3.31. The molecule has 0 amide bonds. The second-order valence-corrected chi connectivity index (χ2v) is 4.24. The first-order valence-electron chi connectivity index (χ1n) is 5.57. The smallest absolute Gasteiger partial charge is 0.309 e. The molecule has 0 saturated heterocycles. The molecule has 15 heavy (non-hydrogen) atoms. The Morgan fingerprint density at radius 3 is 2.47 bits per heavy atom. The number of carboxylic acid groups (broad SMARTS) is 1. The number of hydrogen-bond acceptors (Lipinski definition) is 2. The van der Waals surface area contributed by atoms with Gasteiger partial charge in [0.25, 0.3) is 0 Å². The Labute approximate surface area is 100 Å². The van der Waals surface area contributed by atoms with Gasteiger partial charge in [0.2, 0.25) is 0 Å². The van der Waals surface area contributed by atoms with Crippen molar-refractivity contribution in [3.05, 3.63) is 0 Å². The van der Waals surface area contributed by atoms with Gasteiger partial charge in [-0.2, -0.15) is 0 Å². The Kier molecular flexibility index (Phi) is 9.10. The molecule has 3 nitrogen and oxygen atoms in total.